The van der Waals surface area contributed by atoms with Crippen LogP contribution >= 0.6 is 28.3 Å². The summed E-state index contributed by atoms with van der Waals surface area (Å²) in [5.41, 5.74) is 0.800. The maximum Gasteiger partial charge on any atom is 0.261 e. The molecule has 3 amide bonds. The maximum absolute atomic E-state index is 12.4. The fraction of sp³-hybridized carbons (Fsp3) is 0.438. The smallest absolute Gasteiger partial charge is 0.261 e. The Kier molecular flexibility index (Phi) is 6.01. The van der Waals surface area contributed by atoms with E-state index in [-0.39, 0.29) is 49.1 Å². The van der Waals surface area contributed by atoms with E-state index in [0.29, 0.717) is 17.7 Å². The van der Waals surface area contributed by atoms with Gasteiger partial charge in [0.05, 0.1) is 11.1 Å². The first kappa shape index (κ1) is 18.9. The lowest BCUT2D eigenvalue weighted by atomic mass is 10.1. The van der Waals surface area contributed by atoms with Crippen molar-refractivity contribution in [1.82, 2.24) is 15.1 Å². The molecule has 130 valence electrons. The highest BCUT2D eigenvalue weighted by Gasteiger charge is 2.36. The summed E-state index contributed by atoms with van der Waals surface area (Å²) in [7, 11) is 0. The van der Waals surface area contributed by atoms with Gasteiger partial charge in [-0.05, 0) is 25.1 Å². The Morgan fingerprint density at radius 1 is 1.29 bits per heavy atom. The van der Waals surface area contributed by atoms with Crippen molar-refractivity contribution < 1.29 is 14.4 Å². The number of benzene rings is 1. The first-order valence-corrected chi connectivity index (χ1v) is 8.44. The number of piperazine rings is 1. The Labute approximate surface area is 155 Å². The monoisotopic (exact) mass is 415 g/mol. The summed E-state index contributed by atoms with van der Waals surface area (Å²) >= 11 is 3.30. The van der Waals surface area contributed by atoms with Gasteiger partial charge in [-0.25, -0.2) is 0 Å². The van der Waals surface area contributed by atoms with Gasteiger partial charge in [0, 0.05) is 43.1 Å². The second kappa shape index (κ2) is 7.63. The van der Waals surface area contributed by atoms with Gasteiger partial charge in [-0.3, -0.25) is 19.3 Å². The topological polar surface area (TPSA) is 69.7 Å². The predicted molar refractivity (Wildman–Crippen MR) is 95.4 cm³/mol. The molecule has 0 bridgehead atoms. The first-order chi connectivity index (χ1) is 11.0. The van der Waals surface area contributed by atoms with E-state index < -0.39 is 0 Å². The van der Waals surface area contributed by atoms with Crippen molar-refractivity contribution in [2.24, 2.45) is 0 Å². The molecule has 0 radical (unpaired) electrons. The normalized spacial score (nSPS) is 20.0. The van der Waals surface area contributed by atoms with Gasteiger partial charge in [0.1, 0.15) is 0 Å². The molecule has 0 aromatic heterocycles. The van der Waals surface area contributed by atoms with Gasteiger partial charge in [0.2, 0.25) is 5.91 Å². The van der Waals surface area contributed by atoms with E-state index in [9.17, 15) is 14.4 Å². The highest BCUT2D eigenvalue weighted by molar-refractivity contribution is 9.10. The molecule has 1 aromatic carbocycles. The molecule has 0 aliphatic carbocycles. The molecule has 2 aliphatic rings. The van der Waals surface area contributed by atoms with Crippen molar-refractivity contribution in [2.45, 2.75) is 19.4 Å². The van der Waals surface area contributed by atoms with E-state index in [1.165, 1.54) is 4.90 Å². The number of hydrogen-bond acceptors (Lipinski definition) is 4. The van der Waals surface area contributed by atoms with Gasteiger partial charge < -0.3 is 10.2 Å². The molecule has 8 heteroatoms. The van der Waals surface area contributed by atoms with E-state index in [1.54, 1.807) is 18.2 Å². The third-order valence-corrected chi connectivity index (χ3v) is 4.80. The minimum Gasteiger partial charge on any atom is -0.337 e. The standard InChI is InChI=1S/C16H18BrN3O3.ClH/c1-10-9-18-5-7-19(10)14(21)4-6-20-15(22)12-3-2-11(17)8-13(12)16(20)23;/h2-3,8,10,18H,4-7,9H2,1H3;1H/t10-;/m1./s1. The number of nitrogens with zero attached hydrogens (tertiary/aromatic N) is 2. The zero-order valence-electron chi connectivity index (χ0n) is 13.3. The highest BCUT2D eigenvalue weighted by atomic mass is 79.9. The largest absolute Gasteiger partial charge is 0.337 e. The van der Waals surface area contributed by atoms with E-state index >= 15 is 0 Å². The molecular weight excluding hydrogens is 398 g/mol. The van der Waals surface area contributed by atoms with Crippen molar-refractivity contribution in [3.05, 3.63) is 33.8 Å². The van der Waals surface area contributed by atoms with Crippen LogP contribution in [0.1, 0.15) is 34.1 Å². The summed E-state index contributed by atoms with van der Waals surface area (Å²) in [6.07, 6.45) is 0.164. The molecule has 1 aromatic rings. The Hall–Kier alpha value is -1.44. The van der Waals surface area contributed by atoms with Crippen LogP contribution in [0.15, 0.2) is 22.7 Å². The van der Waals surface area contributed by atoms with E-state index in [1.807, 2.05) is 11.8 Å². The van der Waals surface area contributed by atoms with Crippen molar-refractivity contribution >= 4 is 46.1 Å². The molecule has 2 heterocycles. The second-order valence-corrected chi connectivity index (χ2v) is 6.76. The van der Waals surface area contributed by atoms with Gasteiger partial charge in [-0.1, -0.05) is 15.9 Å². The molecule has 1 atom stereocenters. The number of nitrogens with one attached hydrogen (secondary N) is 1. The van der Waals surface area contributed by atoms with Crippen LogP contribution in [0.2, 0.25) is 0 Å². The van der Waals surface area contributed by atoms with E-state index in [0.717, 1.165) is 17.6 Å². The van der Waals surface area contributed by atoms with Crippen molar-refractivity contribution in [1.29, 1.82) is 0 Å². The van der Waals surface area contributed by atoms with Crippen molar-refractivity contribution in [2.75, 3.05) is 26.2 Å². The summed E-state index contributed by atoms with van der Waals surface area (Å²) < 4.78 is 0.755. The SMILES string of the molecule is C[C@@H]1CNCCN1C(=O)CCN1C(=O)c2ccc(Br)cc2C1=O.Cl. The van der Waals surface area contributed by atoms with Crippen LogP contribution in [0, 0.1) is 0 Å². The lowest BCUT2D eigenvalue weighted by Gasteiger charge is -2.34. The van der Waals surface area contributed by atoms with Gasteiger partial charge in [0.25, 0.3) is 11.8 Å². The molecule has 2 aliphatic heterocycles. The molecule has 1 saturated heterocycles. The summed E-state index contributed by atoms with van der Waals surface area (Å²) in [5, 5.41) is 3.23. The quantitative estimate of drug-likeness (QED) is 0.761. The second-order valence-electron chi connectivity index (χ2n) is 5.84. The summed E-state index contributed by atoms with van der Waals surface area (Å²) in [6, 6.07) is 5.16. The van der Waals surface area contributed by atoms with Crippen LogP contribution in [-0.2, 0) is 4.79 Å². The number of carbonyl (C=O) groups is 3. The van der Waals surface area contributed by atoms with Crippen LogP contribution in [-0.4, -0.2) is 59.7 Å². The molecule has 24 heavy (non-hydrogen) atoms. The number of fused-ring (bicyclic) bond motifs is 1. The Morgan fingerprint density at radius 3 is 2.71 bits per heavy atom. The Balaban J connectivity index is 0.00000208. The number of amides is 3. The van der Waals surface area contributed by atoms with Crippen molar-refractivity contribution in [3.8, 4) is 0 Å². The molecule has 0 unspecified atom stereocenters. The summed E-state index contributed by atoms with van der Waals surface area (Å²) in [6.45, 7) is 4.32. The van der Waals surface area contributed by atoms with Crippen LogP contribution in [0.4, 0.5) is 0 Å². The number of rotatable bonds is 3. The minimum atomic E-state index is -0.326. The number of halogens is 2. The van der Waals surface area contributed by atoms with Crippen LogP contribution in [0.25, 0.3) is 0 Å². The minimum absolute atomic E-state index is 0. The molecule has 1 fully saturated rings. The van der Waals surface area contributed by atoms with Gasteiger partial charge >= 0.3 is 0 Å². The molecule has 3 rings (SSSR count). The van der Waals surface area contributed by atoms with E-state index in [2.05, 4.69) is 21.2 Å². The van der Waals surface area contributed by atoms with Gasteiger partial charge in [0.15, 0.2) is 0 Å². The van der Waals surface area contributed by atoms with Gasteiger partial charge in [-0.2, -0.15) is 0 Å². The van der Waals surface area contributed by atoms with Crippen LogP contribution in [0.3, 0.4) is 0 Å². The molecule has 6 nitrogen and oxygen atoms in total. The molecular formula is C16H19BrClN3O3. The van der Waals surface area contributed by atoms with Crippen molar-refractivity contribution in [3.63, 3.8) is 0 Å². The summed E-state index contributed by atoms with van der Waals surface area (Å²) in [4.78, 5) is 40.0. The number of hydrogen-bond donors (Lipinski definition) is 1. The lowest BCUT2D eigenvalue weighted by Crippen LogP contribution is -2.52. The molecule has 0 spiro atoms. The zero-order valence-corrected chi connectivity index (χ0v) is 15.7. The maximum atomic E-state index is 12.4. The molecule has 0 saturated carbocycles. The third-order valence-electron chi connectivity index (χ3n) is 4.30. The Morgan fingerprint density at radius 2 is 2.00 bits per heavy atom. The van der Waals surface area contributed by atoms with Crippen LogP contribution in [0.5, 0.6) is 0 Å². The number of carbonyl (C=O) groups excluding carboxylic acids is 3. The fourth-order valence-electron chi connectivity index (χ4n) is 3.03. The predicted octanol–water partition coefficient (Wildman–Crippen LogP) is 1.68. The molecule has 1 N–H and O–H groups in total. The summed E-state index contributed by atoms with van der Waals surface area (Å²) in [5.74, 6) is -0.664. The van der Waals surface area contributed by atoms with Crippen LogP contribution < -0.4 is 5.32 Å². The lowest BCUT2D eigenvalue weighted by molar-refractivity contribution is -0.134. The Bertz CT molecular complexity index is 683. The average Bonchev–Trinajstić information content (AvgIpc) is 2.76. The fourth-order valence-corrected chi connectivity index (χ4v) is 3.39. The average molecular weight is 417 g/mol. The van der Waals surface area contributed by atoms with E-state index in [4.69, 9.17) is 0 Å². The highest BCUT2D eigenvalue weighted by Crippen LogP contribution is 2.26. The zero-order chi connectivity index (χ0) is 16.6. The third kappa shape index (κ3) is 3.48. The first-order valence-electron chi connectivity index (χ1n) is 7.65. The number of imide groups is 1. The van der Waals surface area contributed by atoms with Gasteiger partial charge in [-0.15, -0.1) is 12.4 Å².